The van der Waals surface area contributed by atoms with E-state index in [4.69, 9.17) is 0 Å². The van der Waals surface area contributed by atoms with E-state index < -0.39 is 5.69 Å². The number of fused-ring (bicyclic) bond motifs is 1. The SMILES string of the molecule is Cn1nnn(CC(=O)N2c3ccccc3SCC2c2ccccc2)c1=O. The first-order valence-electron chi connectivity index (χ1n) is 8.21. The van der Waals surface area contributed by atoms with E-state index in [9.17, 15) is 9.59 Å². The second-order valence-corrected chi connectivity index (χ2v) is 7.07. The molecule has 1 unspecified atom stereocenters. The summed E-state index contributed by atoms with van der Waals surface area (Å²) in [5, 5.41) is 7.45. The van der Waals surface area contributed by atoms with Crippen LogP contribution in [-0.4, -0.2) is 31.5 Å². The lowest BCUT2D eigenvalue weighted by molar-refractivity contribution is -0.119. The fourth-order valence-corrected chi connectivity index (χ4v) is 4.24. The highest BCUT2D eigenvalue weighted by Crippen LogP contribution is 2.43. The highest BCUT2D eigenvalue weighted by molar-refractivity contribution is 7.99. The van der Waals surface area contributed by atoms with Gasteiger partial charge in [0, 0.05) is 17.7 Å². The smallest absolute Gasteiger partial charge is 0.301 e. The summed E-state index contributed by atoms with van der Waals surface area (Å²) in [5.41, 5.74) is 1.52. The molecule has 0 saturated heterocycles. The fraction of sp³-hybridized carbons (Fsp3) is 0.222. The summed E-state index contributed by atoms with van der Waals surface area (Å²) < 4.78 is 2.21. The number of rotatable bonds is 3. The first-order chi connectivity index (χ1) is 12.6. The molecule has 8 heteroatoms. The molecule has 0 radical (unpaired) electrons. The molecule has 1 aromatic heterocycles. The van der Waals surface area contributed by atoms with Gasteiger partial charge in [-0.2, -0.15) is 9.36 Å². The van der Waals surface area contributed by atoms with Gasteiger partial charge < -0.3 is 4.90 Å². The predicted molar refractivity (Wildman–Crippen MR) is 99.1 cm³/mol. The van der Waals surface area contributed by atoms with Gasteiger partial charge >= 0.3 is 5.69 Å². The molecule has 0 saturated carbocycles. The Morgan fingerprint density at radius 2 is 1.85 bits per heavy atom. The number of thioether (sulfide) groups is 1. The molecule has 1 aliphatic heterocycles. The third-order valence-electron chi connectivity index (χ3n) is 4.35. The zero-order valence-corrected chi connectivity index (χ0v) is 15.0. The van der Waals surface area contributed by atoms with Crippen molar-refractivity contribution in [3.63, 3.8) is 0 Å². The Bertz CT molecular complexity index is 998. The molecule has 1 amide bonds. The van der Waals surface area contributed by atoms with Gasteiger partial charge in [0.2, 0.25) is 5.91 Å². The third kappa shape index (κ3) is 2.92. The number of aromatic nitrogens is 4. The molecule has 0 N–H and O–H groups in total. The number of para-hydroxylation sites is 1. The van der Waals surface area contributed by atoms with E-state index in [0.29, 0.717) is 0 Å². The maximum absolute atomic E-state index is 13.2. The van der Waals surface area contributed by atoms with Gasteiger partial charge in [0.25, 0.3) is 0 Å². The van der Waals surface area contributed by atoms with Crippen LogP contribution in [-0.2, 0) is 18.4 Å². The molecule has 0 bridgehead atoms. The van der Waals surface area contributed by atoms with Gasteiger partial charge in [-0.1, -0.05) is 42.5 Å². The van der Waals surface area contributed by atoms with Gasteiger partial charge in [-0.3, -0.25) is 4.79 Å². The summed E-state index contributed by atoms with van der Waals surface area (Å²) in [6.45, 7) is -0.144. The summed E-state index contributed by atoms with van der Waals surface area (Å²) >= 11 is 1.73. The minimum absolute atomic E-state index is 0.101. The number of tetrazole rings is 1. The van der Waals surface area contributed by atoms with Crippen molar-refractivity contribution < 1.29 is 4.79 Å². The van der Waals surface area contributed by atoms with E-state index >= 15 is 0 Å². The predicted octanol–water partition coefficient (Wildman–Crippen LogP) is 1.86. The summed E-state index contributed by atoms with van der Waals surface area (Å²) in [7, 11) is 1.51. The topological polar surface area (TPSA) is 73.0 Å². The lowest BCUT2D eigenvalue weighted by Crippen LogP contribution is -2.42. The van der Waals surface area contributed by atoms with E-state index in [1.54, 1.807) is 16.7 Å². The summed E-state index contributed by atoms with van der Waals surface area (Å²) in [6, 6.07) is 17.7. The number of nitrogens with zero attached hydrogens (tertiary/aromatic N) is 5. The molecular weight excluding hydrogens is 350 g/mol. The molecule has 26 heavy (non-hydrogen) atoms. The lowest BCUT2D eigenvalue weighted by atomic mass is 10.1. The van der Waals surface area contributed by atoms with Crippen molar-refractivity contribution in [3.05, 3.63) is 70.6 Å². The maximum Gasteiger partial charge on any atom is 0.363 e. The normalized spacial score (nSPS) is 16.3. The molecule has 3 aromatic rings. The number of hydrogen-bond donors (Lipinski definition) is 0. The zero-order chi connectivity index (χ0) is 18.1. The quantitative estimate of drug-likeness (QED) is 0.706. The Morgan fingerprint density at radius 1 is 1.12 bits per heavy atom. The average molecular weight is 367 g/mol. The van der Waals surface area contributed by atoms with Crippen LogP contribution in [0.25, 0.3) is 0 Å². The third-order valence-corrected chi connectivity index (χ3v) is 5.49. The molecule has 1 aliphatic rings. The minimum Gasteiger partial charge on any atom is -0.301 e. The van der Waals surface area contributed by atoms with Crippen LogP contribution in [0.15, 0.2) is 64.3 Å². The number of aryl methyl sites for hydroxylation is 1. The molecule has 0 aliphatic carbocycles. The molecule has 4 rings (SSSR count). The minimum atomic E-state index is -0.408. The van der Waals surface area contributed by atoms with Crippen LogP contribution in [0.3, 0.4) is 0 Å². The van der Waals surface area contributed by atoms with Crippen LogP contribution >= 0.6 is 11.8 Å². The van der Waals surface area contributed by atoms with Gasteiger partial charge in [-0.05, 0) is 28.1 Å². The van der Waals surface area contributed by atoms with Crippen LogP contribution in [0, 0.1) is 0 Å². The van der Waals surface area contributed by atoms with E-state index in [-0.39, 0.29) is 18.5 Å². The highest BCUT2D eigenvalue weighted by atomic mass is 32.2. The van der Waals surface area contributed by atoms with Gasteiger partial charge in [0.1, 0.15) is 6.54 Å². The lowest BCUT2D eigenvalue weighted by Gasteiger charge is -2.37. The molecule has 132 valence electrons. The van der Waals surface area contributed by atoms with Gasteiger partial charge in [0.05, 0.1) is 11.7 Å². The number of amides is 1. The van der Waals surface area contributed by atoms with Crippen LogP contribution in [0.1, 0.15) is 11.6 Å². The number of carbonyl (C=O) groups is 1. The van der Waals surface area contributed by atoms with Gasteiger partial charge in [0.15, 0.2) is 0 Å². The van der Waals surface area contributed by atoms with Crippen molar-refractivity contribution in [1.82, 2.24) is 19.8 Å². The first-order valence-corrected chi connectivity index (χ1v) is 9.19. The monoisotopic (exact) mass is 367 g/mol. The summed E-state index contributed by atoms with van der Waals surface area (Å²) in [6.07, 6.45) is 0. The Hall–Kier alpha value is -2.87. The van der Waals surface area contributed by atoms with Gasteiger partial charge in [-0.15, -0.1) is 11.8 Å². The van der Waals surface area contributed by atoms with Crippen LogP contribution in [0.4, 0.5) is 5.69 Å². The summed E-state index contributed by atoms with van der Waals surface area (Å²) in [5.74, 6) is 0.566. The second kappa shape index (κ2) is 6.80. The van der Waals surface area contributed by atoms with Crippen LogP contribution in [0.5, 0.6) is 0 Å². The van der Waals surface area contributed by atoms with Crippen molar-refractivity contribution in [1.29, 1.82) is 0 Å². The number of anilines is 1. The zero-order valence-electron chi connectivity index (χ0n) is 14.1. The van der Waals surface area contributed by atoms with Crippen molar-refractivity contribution in [3.8, 4) is 0 Å². The van der Waals surface area contributed by atoms with Gasteiger partial charge in [-0.25, -0.2) is 4.79 Å². The number of carbonyl (C=O) groups excluding carboxylic acids is 1. The molecule has 0 fully saturated rings. The number of benzene rings is 2. The Kier molecular flexibility index (Phi) is 4.34. The Balaban J connectivity index is 1.74. The standard InChI is InChI=1S/C18H17N5O2S/c1-21-18(25)22(20-19-21)11-17(24)23-14-9-5-6-10-16(14)26-12-15(23)13-7-3-2-4-8-13/h2-10,15H,11-12H2,1H3. The molecule has 7 nitrogen and oxygen atoms in total. The highest BCUT2D eigenvalue weighted by Gasteiger charge is 2.32. The molecular formula is C18H17N5O2S. The molecule has 0 spiro atoms. The van der Waals surface area contributed by atoms with E-state index in [1.165, 1.54) is 7.05 Å². The Morgan fingerprint density at radius 3 is 2.58 bits per heavy atom. The number of hydrogen-bond acceptors (Lipinski definition) is 5. The van der Waals surface area contributed by atoms with E-state index in [1.807, 2.05) is 54.6 Å². The summed E-state index contributed by atoms with van der Waals surface area (Å²) in [4.78, 5) is 28.0. The van der Waals surface area contributed by atoms with E-state index in [2.05, 4.69) is 10.4 Å². The van der Waals surface area contributed by atoms with Crippen molar-refractivity contribution in [2.45, 2.75) is 17.5 Å². The van der Waals surface area contributed by atoms with Crippen LogP contribution < -0.4 is 10.6 Å². The van der Waals surface area contributed by atoms with E-state index in [0.717, 1.165) is 31.3 Å². The average Bonchev–Trinajstić information content (AvgIpc) is 2.99. The Labute approximate surface area is 154 Å². The fourth-order valence-electron chi connectivity index (χ4n) is 3.07. The molecule has 2 aromatic carbocycles. The van der Waals surface area contributed by atoms with Crippen molar-refractivity contribution in [2.24, 2.45) is 7.05 Å². The van der Waals surface area contributed by atoms with Crippen LogP contribution in [0.2, 0.25) is 0 Å². The maximum atomic E-state index is 13.2. The molecule has 1 atom stereocenters. The first kappa shape index (κ1) is 16.6. The van der Waals surface area contributed by atoms with Crippen molar-refractivity contribution >= 4 is 23.4 Å². The largest absolute Gasteiger partial charge is 0.363 e. The molecule has 2 heterocycles. The second-order valence-electron chi connectivity index (χ2n) is 6.01. The van der Waals surface area contributed by atoms with Crippen molar-refractivity contribution in [2.75, 3.05) is 10.7 Å².